The molecule has 0 amide bonds. The van der Waals surface area contributed by atoms with Crippen molar-refractivity contribution in [2.75, 3.05) is 5.75 Å². The molecule has 1 atom stereocenters. The summed E-state index contributed by atoms with van der Waals surface area (Å²) in [5, 5.41) is 17.5. The predicted molar refractivity (Wildman–Crippen MR) is 54.4 cm³/mol. The first-order valence-corrected chi connectivity index (χ1v) is 4.98. The van der Waals surface area contributed by atoms with E-state index >= 15 is 0 Å². The maximum Gasteiger partial charge on any atom is 0.321 e. The van der Waals surface area contributed by atoms with E-state index in [1.54, 1.807) is 24.3 Å². The van der Waals surface area contributed by atoms with Crippen molar-refractivity contribution < 1.29 is 15.0 Å². The highest BCUT2D eigenvalue weighted by molar-refractivity contribution is 7.99. The highest BCUT2D eigenvalue weighted by atomic mass is 32.2. The highest BCUT2D eigenvalue weighted by Gasteiger charge is 2.11. The van der Waals surface area contributed by atoms with E-state index in [0.717, 1.165) is 4.90 Å². The van der Waals surface area contributed by atoms with Gasteiger partial charge in [-0.15, -0.1) is 11.8 Å². The molecular formula is C9H11NO3S. The average molecular weight is 213 g/mol. The van der Waals surface area contributed by atoms with Crippen LogP contribution < -0.4 is 5.73 Å². The number of phenolic OH excluding ortho intramolecular Hbond substituents is 1. The van der Waals surface area contributed by atoms with E-state index in [0.29, 0.717) is 5.75 Å². The van der Waals surface area contributed by atoms with Gasteiger partial charge in [-0.25, -0.2) is 0 Å². The third-order valence-electron chi connectivity index (χ3n) is 1.58. The van der Waals surface area contributed by atoms with Crippen molar-refractivity contribution in [1.29, 1.82) is 0 Å². The fourth-order valence-corrected chi connectivity index (χ4v) is 1.64. The van der Waals surface area contributed by atoms with Crippen LogP contribution in [-0.4, -0.2) is 28.0 Å². The van der Waals surface area contributed by atoms with Crippen LogP contribution in [0.3, 0.4) is 0 Å². The summed E-state index contributed by atoms with van der Waals surface area (Å²) in [4.78, 5) is 11.3. The number of thioether (sulfide) groups is 1. The monoisotopic (exact) mass is 213 g/mol. The highest BCUT2D eigenvalue weighted by Crippen LogP contribution is 2.20. The lowest BCUT2D eigenvalue weighted by molar-refractivity contribution is -0.137. The Balaban J connectivity index is 2.46. The van der Waals surface area contributed by atoms with Gasteiger partial charge in [-0.3, -0.25) is 4.79 Å². The number of benzene rings is 1. The number of carboxylic acids is 1. The van der Waals surface area contributed by atoms with Crippen LogP contribution in [-0.2, 0) is 4.79 Å². The van der Waals surface area contributed by atoms with Gasteiger partial charge < -0.3 is 15.9 Å². The lowest BCUT2D eigenvalue weighted by Crippen LogP contribution is -2.32. The summed E-state index contributed by atoms with van der Waals surface area (Å²) in [6.07, 6.45) is 0. The van der Waals surface area contributed by atoms with Crippen molar-refractivity contribution in [2.24, 2.45) is 5.73 Å². The van der Waals surface area contributed by atoms with Gasteiger partial charge in [0.05, 0.1) is 0 Å². The summed E-state index contributed by atoms with van der Waals surface area (Å²) in [5.74, 6) is -0.492. The Bertz CT molecular complexity index is 312. The summed E-state index contributed by atoms with van der Waals surface area (Å²) >= 11 is 1.35. The molecule has 0 radical (unpaired) electrons. The van der Waals surface area contributed by atoms with Crippen LogP contribution in [0, 0.1) is 0 Å². The molecule has 0 aromatic heterocycles. The number of phenols is 1. The van der Waals surface area contributed by atoms with Gasteiger partial charge in [0.25, 0.3) is 0 Å². The summed E-state index contributed by atoms with van der Waals surface area (Å²) in [6, 6.07) is 5.68. The van der Waals surface area contributed by atoms with Crippen molar-refractivity contribution in [1.82, 2.24) is 0 Å². The second-order valence-corrected chi connectivity index (χ2v) is 3.84. The lowest BCUT2D eigenvalue weighted by atomic mass is 10.3. The average Bonchev–Trinajstić information content (AvgIpc) is 2.16. The van der Waals surface area contributed by atoms with Crippen LogP contribution in [0.5, 0.6) is 5.75 Å². The fourth-order valence-electron chi connectivity index (χ4n) is 0.800. The minimum atomic E-state index is -1.00. The van der Waals surface area contributed by atoms with Gasteiger partial charge in [-0.05, 0) is 24.3 Å². The third kappa shape index (κ3) is 3.27. The molecule has 0 saturated carbocycles. The summed E-state index contributed by atoms with van der Waals surface area (Å²) in [6.45, 7) is 0. The van der Waals surface area contributed by atoms with Gasteiger partial charge in [-0.1, -0.05) is 0 Å². The molecule has 1 aromatic rings. The Kier molecular flexibility index (Phi) is 3.79. The molecule has 1 rings (SSSR count). The van der Waals surface area contributed by atoms with Crippen molar-refractivity contribution in [3.05, 3.63) is 24.3 Å². The number of hydrogen-bond acceptors (Lipinski definition) is 4. The van der Waals surface area contributed by atoms with Crippen LogP contribution >= 0.6 is 11.8 Å². The Labute approximate surface area is 85.7 Å². The first kappa shape index (κ1) is 10.9. The van der Waals surface area contributed by atoms with Gasteiger partial charge >= 0.3 is 5.97 Å². The number of hydrogen-bond donors (Lipinski definition) is 3. The van der Waals surface area contributed by atoms with E-state index < -0.39 is 12.0 Å². The topological polar surface area (TPSA) is 83.5 Å². The molecule has 14 heavy (non-hydrogen) atoms. The minimum absolute atomic E-state index is 0.192. The number of carboxylic acid groups (broad SMARTS) is 1. The molecule has 4 nitrogen and oxygen atoms in total. The zero-order valence-corrected chi connectivity index (χ0v) is 8.20. The third-order valence-corrected chi connectivity index (χ3v) is 2.71. The normalized spacial score (nSPS) is 12.4. The molecule has 76 valence electrons. The van der Waals surface area contributed by atoms with Gasteiger partial charge in [0, 0.05) is 10.6 Å². The van der Waals surface area contributed by atoms with E-state index in [4.69, 9.17) is 15.9 Å². The second-order valence-electron chi connectivity index (χ2n) is 2.75. The molecule has 0 saturated heterocycles. The van der Waals surface area contributed by atoms with E-state index in [9.17, 15) is 4.79 Å². The smallest absolute Gasteiger partial charge is 0.321 e. The number of aliphatic carboxylic acids is 1. The van der Waals surface area contributed by atoms with E-state index in [2.05, 4.69) is 0 Å². The van der Waals surface area contributed by atoms with Gasteiger partial charge in [0.2, 0.25) is 0 Å². The van der Waals surface area contributed by atoms with E-state index in [-0.39, 0.29) is 5.75 Å². The van der Waals surface area contributed by atoms with Crippen LogP contribution in [0.25, 0.3) is 0 Å². The maximum absolute atomic E-state index is 10.4. The van der Waals surface area contributed by atoms with Crippen molar-refractivity contribution in [3.8, 4) is 5.75 Å². The van der Waals surface area contributed by atoms with Crippen molar-refractivity contribution in [3.63, 3.8) is 0 Å². The van der Waals surface area contributed by atoms with Gasteiger partial charge in [0.1, 0.15) is 11.8 Å². The molecule has 4 N–H and O–H groups in total. The standard InChI is InChI=1S/C9H11NO3S/c10-8(9(12)13)5-14-7-3-1-6(11)2-4-7/h1-4,8,11H,5,10H2,(H,12,13)/t8-/m0/s1. The summed E-state index contributed by atoms with van der Waals surface area (Å²) < 4.78 is 0. The number of nitrogens with two attached hydrogens (primary N) is 1. The number of rotatable bonds is 4. The zero-order valence-electron chi connectivity index (χ0n) is 7.38. The Morgan fingerprint density at radius 1 is 1.43 bits per heavy atom. The maximum atomic E-state index is 10.4. The molecule has 0 bridgehead atoms. The van der Waals surface area contributed by atoms with Crippen LogP contribution in [0.4, 0.5) is 0 Å². The molecule has 0 heterocycles. The van der Waals surface area contributed by atoms with Gasteiger partial charge in [-0.2, -0.15) is 0 Å². The van der Waals surface area contributed by atoms with Gasteiger partial charge in [0.15, 0.2) is 0 Å². The summed E-state index contributed by atoms with van der Waals surface area (Å²) in [7, 11) is 0. The Morgan fingerprint density at radius 2 is 2.00 bits per heavy atom. The van der Waals surface area contributed by atoms with E-state index in [1.165, 1.54) is 11.8 Å². The molecule has 0 aliphatic heterocycles. The first-order valence-electron chi connectivity index (χ1n) is 4.00. The molecular weight excluding hydrogens is 202 g/mol. The Hall–Kier alpha value is -1.20. The molecule has 0 aliphatic rings. The zero-order chi connectivity index (χ0) is 10.6. The largest absolute Gasteiger partial charge is 0.508 e. The van der Waals surface area contributed by atoms with E-state index in [1.807, 2.05) is 0 Å². The SMILES string of the molecule is N[C@@H](CSc1ccc(O)cc1)C(=O)O. The molecule has 0 spiro atoms. The number of aromatic hydroxyl groups is 1. The molecule has 0 fully saturated rings. The molecule has 1 aromatic carbocycles. The quantitative estimate of drug-likeness (QED) is 0.647. The van der Waals surface area contributed by atoms with Crippen LogP contribution in [0.2, 0.25) is 0 Å². The first-order chi connectivity index (χ1) is 6.59. The van der Waals surface area contributed by atoms with Crippen molar-refractivity contribution in [2.45, 2.75) is 10.9 Å². The number of carbonyl (C=O) groups is 1. The summed E-state index contributed by atoms with van der Waals surface area (Å²) in [5.41, 5.74) is 5.32. The fraction of sp³-hybridized carbons (Fsp3) is 0.222. The molecule has 0 aliphatic carbocycles. The lowest BCUT2D eigenvalue weighted by Gasteiger charge is -2.05. The minimum Gasteiger partial charge on any atom is -0.508 e. The van der Waals surface area contributed by atoms with Crippen LogP contribution in [0.15, 0.2) is 29.2 Å². The second kappa shape index (κ2) is 4.88. The van der Waals surface area contributed by atoms with Crippen molar-refractivity contribution >= 4 is 17.7 Å². The molecule has 5 heteroatoms. The Morgan fingerprint density at radius 3 is 2.50 bits per heavy atom. The predicted octanol–water partition coefficient (Wildman–Crippen LogP) is 0.896. The van der Waals surface area contributed by atoms with Crippen LogP contribution in [0.1, 0.15) is 0 Å². The molecule has 0 unspecified atom stereocenters.